The zero-order valence-corrected chi connectivity index (χ0v) is 7.71. The molecular formula is C9H17NO2. The summed E-state index contributed by atoms with van der Waals surface area (Å²) in [5, 5.41) is 11.5. The van der Waals surface area contributed by atoms with Crippen LogP contribution in [0.3, 0.4) is 0 Å². The van der Waals surface area contributed by atoms with Crippen LogP contribution >= 0.6 is 0 Å². The summed E-state index contributed by atoms with van der Waals surface area (Å²) >= 11 is 0. The number of hydrogen-bond donors (Lipinski definition) is 2. The van der Waals surface area contributed by atoms with E-state index in [0.717, 1.165) is 18.9 Å². The summed E-state index contributed by atoms with van der Waals surface area (Å²) in [6, 6.07) is 0.503. The van der Waals surface area contributed by atoms with Crippen LogP contribution in [0.5, 0.6) is 0 Å². The van der Waals surface area contributed by atoms with E-state index in [4.69, 9.17) is 5.11 Å². The van der Waals surface area contributed by atoms with Gasteiger partial charge in [0.25, 0.3) is 0 Å². The Balaban J connectivity index is 3.47. The van der Waals surface area contributed by atoms with Gasteiger partial charge in [-0.05, 0) is 12.8 Å². The van der Waals surface area contributed by atoms with Gasteiger partial charge in [-0.25, -0.2) is 4.79 Å². The number of carboxylic acid groups (broad SMARTS) is 1. The molecule has 0 rings (SSSR count). The summed E-state index contributed by atoms with van der Waals surface area (Å²) in [6.45, 7) is 4.86. The molecule has 0 atom stereocenters. The van der Waals surface area contributed by atoms with Crippen molar-refractivity contribution in [3.63, 3.8) is 0 Å². The van der Waals surface area contributed by atoms with E-state index in [1.54, 1.807) is 6.08 Å². The Labute approximate surface area is 73.5 Å². The molecule has 70 valence electrons. The standard InChI is InChI=1S/C9H17NO2/c1-3-8(4-2)10-7-5-6-9(11)12/h5-6,8,10H,3-4,7H2,1-2H3,(H,11,12)/b6-5+. The zero-order valence-electron chi connectivity index (χ0n) is 7.71. The van der Waals surface area contributed by atoms with Crippen molar-refractivity contribution in [2.45, 2.75) is 32.7 Å². The third kappa shape index (κ3) is 5.92. The number of aliphatic carboxylic acids is 1. The summed E-state index contributed by atoms with van der Waals surface area (Å²) in [5.41, 5.74) is 0. The van der Waals surface area contributed by atoms with Crippen molar-refractivity contribution in [2.24, 2.45) is 0 Å². The van der Waals surface area contributed by atoms with Crippen LogP contribution in [-0.4, -0.2) is 23.7 Å². The summed E-state index contributed by atoms with van der Waals surface area (Å²) in [7, 11) is 0. The summed E-state index contributed by atoms with van der Waals surface area (Å²) in [4.78, 5) is 10.1. The van der Waals surface area contributed by atoms with Gasteiger partial charge in [0, 0.05) is 18.7 Å². The number of hydrogen-bond acceptors (Lipinski definition) is 2. The molecule has 0 aliphatic heterocycles. The lowest BCUT2D eigenvalue weighted by atomic mass is 10.2. The van der Waals surface area contributed by atoms with E-state index in [0.29, 0.717) is 12.6 Å². The van der Waals surface area contributed by atoms with E-state index in [9.17, 15) is 4.79 Å². The lowest BCUT2D eigenvalue weighted by molar-refractivity contribution is -0.131. The molecule has 0 aliphatic carbocycles. The van der Waals surface area contributed by atoms with Gasteiger partial charge in [0.2, 0.25) is 0 Å². The van der Waals surface area contributed by atoms with Gasteiger partial charge in [0.15, 0.2) is 0 Å². The molecule has 0 aromatic rings. The molecule has 0 unspecified atom stereocenters. The first-order valence-electron chi connectivity index (χ1n) is 4.33. The van der Waals surface area contributed by atoms with Gasteiger partial charge in [0.05, 0.1) is 0 Å². The maximum absolute atomic E-state index is 10.1. The van der Waals surface area contributed by atoms with E-state index >= 15 is 0 Å². The molecule has 3 nitrogen and oxygen atoms in total. The number of carbonyl (C=O) groups is 1. The molecule has 0 bridgehead atoms. The van der Waals surface area contributed by atoms with Gasteiger partial charge >= 0.3 is 5.97 Å². The topological polar surface area (TPSA) is 49.3 Å². The fourth-order valence-corrected chi connectivity index (χ4v) is 0.972. The molecule has 0 aliphatic rings. The average molecular weight is 171 g/mol. The highest BCUT2D eigenvalue weighted by molar-refractivity contribution is 5.79. The number of rotatable bonds is 6. The summed E-state index contributed by atoms with van der Waals surface area (Å²) < 4.78 is 0. The quantitative estimate of drug-likeness (QED) is 0.594. The monoisotopic (exact) mass is 171 g/mol. The van der Waals surface area contributed by atoms with Crippen molar-refractivity contribution < 1.29 is 9.90 Å². The van der Waals surface area contributed by atoms with Crippen LogP contribution in [-0.2, 0) is 4.79 Å². The molecule has 0 fully saturated rings. The lowest BCUT2D eigenvalue weighted by Crippen LogP contribution is -2.27. The van der Waals surface area contributed by atoms with E-state index < -0.39 is 5.97 Å². The molecule has 0 radical (unpaired) electrons. The van der Waals surface area contributed by atoms with Gasteiger partial charge in [-0.15, -0.1) is 0 Å². The maximum Gasteiger partial charge on any atom is 0.328 e. The largest absolute Gasteiger partial charge is 0.478 e. The second kappa shape index (κ2) is 6.85. The zero-order chi connectivity index (χ0) is 9.40. The van der Waals surface area contributed by atoms with Gasteiger partial charge < -0.3 is 10.4 Å². The molecule has 0 saturated heterocycles. The van der Waals surface area contributed by atoms with E-state index in [1.807, 2.05) is 0 Å². The highest BCUT2D eigenvalue weighted by Crippen LogP contribution is 1.94. The predicted octanol–water partition coefficient (Wildman–Crippen LogP) is 1.41. The van der Waals surface area contributed by atoms with Crippen LogP contribution in [0.15, 0.2) is 12.2 Å². The maximum atomic E-state index is 10.1. The summed E-state index contributed by atoms with van der Waals surface area (Å²) in [5.74, 6) is -0.888. The second-order valence-corrected chi connectivity index (χ2v) is 2.66. The number of nitrogens with one attached hydrogen (secondary N) is 1. The molecule has 0 amide bonds. The van der Waals surface area contributed by atoms with E-state index in [-0.39, 0.29) is 0 Å². The first-order valence-corrected chi connectivity index (χ1v) is 4.33. The third-order valence-electron chi connectivity index (χ3n) is 1.77. The Morgan fingerprint density at radius 2 is 2.08 bits per heavy atom. The first-order chi connectivity index (χ1) is 5.70. The van der Waals surface area contributed by atoms with Crippen LogP contribution < -0.4 is 5.32 Å². The molecule has 0 aromatic carbocycles. The highest BCUT2D eigenvalue weighted by Gasteiger charge is 1.98. The highest BCUT2D eigenvalue weighted by atomic mass is 16.4. The average Bonchev–Trinajstić information content (AvgIpc) is 2.04. The van der Waals surface area contributed by atoms with Crippen molar-refractivity contribution in [2.75, 3.05) is 6.54 Å². The molecule has 0 saturated carbocycles. The van der Waals surface area contributed by atoms with E-state index in [2.05, 4.69) is 19.2 Å². The Morgan fingerprint density at radius 1 is 1.50 bits per heavy atom. The normalized spacial score (nSPS) is 11.2. The second-order valence-electron chi connectivity index (χ2n) is 2.66. The van der Waals surface area contributed by atoms with Gasteiger partial charge in [-0.1, -0.05) is 19.9 Å². The third-order valence-corrected chi connectivity index (χ3v) is 1.77. The smallest absolute Gasteiger partial charge is 0.328 e. The Hall–Kier alpha value is -0.830. The molecule has 0 heterocycles. The Bertz CT molecular complexity index is 151. The van der Waals surface area contributed by atoms with Crippen LogP contribution in [0.1, 0.15) is 26.7 Å². The fourth-order valence-electron chi connectivity index (χ4n) is 0.972. The Kier molecular flexibility index (Phi) is 6.38. The van der Waals surface area contributed by atoms with Gasteiger partial charge in [-0.2, -0.15) is 0 Å². The molecular weight excluding hydrogens is 154 g/mol. The minimum atomic E-state index is -0.888. The minimum Gasteiger partial charge on any atom is -0.478 e. The predicted molar refractivity (Wildman–Crippen MR) is 49.1 cm³/mol. The van der Waals surface area contributed by atoms with Crippen LogP contribution in [0.25, 0.3) is 0 Å². The first kappa shape index (κ1) is 11.2. The minimum absolute atomic E-state index is 0.503. The van der Waals surface area contributed by atoms with Gasteiger partial charge in [0.1, 0.15) is 0 Å². The van der Waals surface area contributed by atoms with E-state index in [1.165, 1.54) is 0 Å². The van der Waals surface area contributed by atoms with Crippen LogP contribution in [0.2, 0.25) is 0 Å². The van der Waals surface area contributed by atoms with Crippen molar-refractivity contribution in [1.82, 2.24) is 5.32 Å². The van der Waals surface area contributed by atoms with Crippen molar-refractivity contribution >= 4 is 5.97 Å². The van der Waals surface area contributed by atoms with Crippen molar-refractivity contribution in [3.05, 3.63) is 12.2 Å². The molecule has 2 N–H and O–H groups in total. The van der Waals surface area contributed by atoms with Crippen molar-refractivity contribution in [1.29, 1.82) is 0 Å². The molecule has 12 heavy (non-hydrogen) atoms. The van der Waals surface area contributed by atoms with Crippen molar-refractivity contribution in [3.8, 4) is 0 Å². The Morgan fingerprint density at radius 3 is 2.50 bits per heavy atom. The number of carboxylic acids is 1. The van der Waals surface area contributed by atoms with Crippen LogP contribution in [0, 0.1) is 0 Å². The fraction of sp³-hybridized carbons (Fsp3) is 0.667. The molecule has 0 spiro atoms. The molecule has 0 aromatic heterocycles. The SMILES string of the molecule is CCC(CC)NC/C=C/C(=O)O. The lowest BCUT2D eigenvalue weighted by Gasteiger charge is -2.11. The van der Waals surface area contributed by atoms with Gasteiger partial charge in [-0.3, -0.25) is 0 Å². The summed E-state index contributed by atoms with van der Waals surface area (Å²) in [6.07, 6.45) is 4.95. The molecule has 3 heteroatoms. The van der Waals surface area contributed by atoms with Crippen LogP contribution in [0.4, 0.5) is 0 Å².